The lowest BCUT2D eigenvalue weighted by Crippen LogP contribution is -2.34. The van der Waals surface area contributed by atoms with Crippen molar-refractivity contribution < 1.29 is 23.5 Å². The van der Waals surface area contributed by atoms with Crippen molar-refractivity contribution in [2.24, 2.45) is 0 Å². The van der Waals surface area contributed by atoms with E-state index >= 15 is 0 Å². The van der Waals surface area contributed by atoms with E-state index in [4.69, 9.17) is 30.3 Å². The summed E-state index contributed by atoms with van der Waals surface area (Å²) < 4.78 is 21.7. The lowest BCUT2D eigenvalue weighted by molar-refractivity contribution is 0.0601. The molecular weight excluding hydrogens is 420 g/mol. The van der Waals surface area contributed by atoms with Crippen molar-refractivity contribution in [1.29, 1.82) is 0 Å². The highest BCUT2D eigenvalue weighted by molar-refractivity contribution is 6.30. The number of fused-ring (bicyclic) bond motifs is 1. The Balaban J connectivity index is 1.78. The summed E-state index contributed by atoms with van der Waals surface area (Å²) in [4.78, 5) is 14.7. The van der Waals surface area contributed by atoms with Gasteiger partial charge in [0.15, 0.2) is 17.1 Å². The molecule has 1 aromatic heterocycles. The third kappa shape index (κ3) is 3.70. The van der Waals surface area contributed by atoms with Crippen LogP contribution in [0.2, 0.25) is 5.02 Å². The van der Waals surface area contributed by atoms with Gasteiger partial charge in [-0.15, -0.1) is 0 Å². The quantitative estimate of drug-likeness (QED) is 0.519. The van der Waals surface area contributed by atoms with Crippen LogP contribution < -0.4 is 14.4 Å². The van der Waals surface area contributed by atoms with Crippen molar-refractivity contribution in [3.63, 3.8) is 0 Å². The topological polar surface area (TPSA) is 74.0 Å². The second-order valence-electron chi connectivity index (χ2n) is 7.24. The van der Waals surface area contributed by atoms with E-state index in [1.807, 2.05) is 17.0 Å². The fourth-order valence-corrected chi connectivity index (χ4v) is 4.12. The fourth-order valence-electron chi connectivity index (χ4n) is 3.99. The number of carbonyl (C=O) groups is 1. The number of halogens is 1. The van der Waals surface area contributed by atoms with Crippen LogP contribution in [0.4, 0.5) is 5.88 Å². The summed E-state index contributed by atoms with van der Waals surface area (Å²) in [6.07, 6.45) is 0.748. The van der Waals surface area contributed by atoms with Crippen LogP contribution in [0.3, 0.4) is 0 Å². The Hall–Kier alpha value is -3.19. The zero-order chi connectivity index (χ0) is 22.1. The number of rotatable bonds is 5. The van der Waals surface area contributed by atoms with Crippen LogP contribution >= 0.6 is 11.6 Å². The van der Waals surface area contributed by atoms with E-state index in [-0.39, 0.29) is 6.04 Å². The number of methoxy groups -OCH3 is 3. The first kappa shape index (κ1) is 21.1. The average molecular weight is 443 g/mol. The highest BCUT2D eigenvalue weighted by Gasteiger charge is 2.34. The number of aromatic nitrogens is 1. The molecule has 0 saturated carbocycles. The van der Waals surface area contributed by atoms with Crippen LogP contribution in [0.1, 0.15) is 34.5 Å². The Morgan fingerprint density at radius 3 is 2.45 bits per heavy atom. The van der Waals surface area contributed by atoms with Gasteiger partial charge in [0.25, 0.3) is 0 Å². The Kier molecular flexibility index (Phi) is 5.78. The zero-order valence-corrected chi connectivity index (χ0v) is 18.5. The highest BCUT2D eigenvalue weighted by atomic mass is 35.5. The molecule has 2 aromatic carbocycles. The number of carbonyl (C=O) groups excluding carboxylic acids is 1. The van der Waals surface area contributed by atoms with Crippen molar-refractivity contribution in [3.05, 3.63) is 58.1 Å². The van der Waals surface area contributed by atoms with Crippen LogP contribution in [0.15, 0.2) is 40.9 Å². The van der Waals surface area contributed by atoms with Gasteiger partial charge in [-0.05, 0) is 48.7 Å². The number of hydrogen-bond donors (Lipinski definition) is 0. The number of ether oxygens (including phenoxy) is 3. The maximum absolute atomic E-state index is 12.7. The molecular formula is C23H23ClN2O5. The highest BCUT2D eigenvalue weighted by Crippen LogP contribution is 2.42. The molecule has 162 valence electrons. The molecule has 8 heteroatoms. The smallest absolute Gasteiger partial charge is 0.345 e. The summed E-state index contributed by atoms with van der Waals surface area (Å²) >= 11 is 6.01. The molecule has 0 N–H and O–H groups in total. The summed E-state index contributed by atoms with van der Waals surface area (Å²) in [6, 6.07) is 11.0. The molecule has 7 nitrogen and oxygen atoms in total. The third-order valence-corrected chi connectivity index (χ3v) is 5.88. The second-order valence-corrected chi connectivity index (χ2v) is 7.67. The normalized spacial score (nSPS) is 15.4. The Bertz CT molecular complexity index is 1110. The summed E-state index contributed by atoms with van der Waals surface area (Å²) in [5.41, 5.74) is 3.67. The molecule has 0 radical (unpaired) electrons. The number of benzene rings is 2. The standard InChI is InChI=1S/C23H23ClN2O5/c1-13-17-12-19(29-3)18(28-2)11-15(17)9-10-26(13)22-20(23(27)30-4)21(25-31-22)14-5-7-16(24)8-6-14/h5-8,11-13H,9-10H2,1-4H3/t13-/m0/s1. The Labute approximate surface area is 185 Å². The maximum Gasteiger partial charge on any atom is 0.345 e. The summed E-state index contributed by atoms with van der Waals surface area (Å²) in [6.45, 7) is 2.69. The molecule has 2 heterocycles. The fraction of sp³-hybridized carbons (Fsp3) is 0.304. The molecule has 0 aliphatic carbocycles. The lowest BCUT2D eigenvalue weighted by Gasteiger charge is -2.35. The minimum atomic E-state index is -0.508. The van der Waals surface area contributed by atoms with Crippen molar-refractivity contribution in [2.45, 2.75) is 19.4 Å². The molecule has 3 aromatic rings. The van der Waals surface area contributed by atoms with Crippen LogP contribution in [-0.4, -0.2) is 39.0 Å². The first-order valence-corrected chi connectivity index (χ1v) is 10.2. The van der Waals surface area contributed by atoms with Gasteiger partial charge in [0.2, 0.25) is 5.88 Å². The number of anilines is 1. The van der Waals surface area contributed by atoms with E-state index in [0.29, 0.717) is 40.2 Å². The maximum atomic E-state index is 12.7. The van der Waals surface area contributed by atoms with Crippen molar-refractivity contribution in [1.82, 2.24) is 5.16 Å². The molecule has 1 aliphatic rings. The lowest BCUT2D eigenvalue weighted by atomic mass is 9.92. The van der Waals surface area contributed by atoms with Gasteiger partial charge < -0.3 is 23.6 Å². The van der Waals surface area contributed by atoms with Crippen LogP contribution in [0.5, 0.6) is 11.5 Å². The molecule has 4 rings (SSSR count). The third-order valence-electron chi connectivity index (χ3n) is 5.63. The van der Waals surface area contributed by atoms with Gasteiger partial charge in [-0.25, -0.2) is 4.79 Å². The summed E-state index contributed by atoms with van der Waals surface area (Å²) in [5.74, 6) is 1.22. The molecule has 1 atom stereocenters. The molecule has 0 unspecified atom stereocenters. The van der Waals surface area contributed by atoms with E-state index < -0.39 is 5.97 Å². The van der Waals surface area contributed by atoms with E-state index in [0.717, 1.165) is 17.5 Å². The van der Waals surface area contributed by atoms with Gasteiger partial charge in [-0.3, -0.25) is 0 Å². The van der Waals surface area contributed by atoms with E-state index in [1.54, 1.807) is 38.5 Å². The molecule has 0 bridgehead atoms. The van der Waals surface area contributed by atoms with Gasteiger partial charge in [0, 0.05) is 17.1 Å². The van der Waals surface area contributed by atoms with Crippen LogP contribution in [0.25, 0.3) is 11.3 Å². The first-order valence-electron chi connectivity index (χ1n) is 9.83. The van der Waals surface area contributed by atoms with Crippen LogP contribution in [0, 0.1) is 0 Å². The SMILES string of the molecule is COC(=O)c1c(-c2ccc(Cl)cc2)noc1N1CCc2cc(OC)c(OC)cc2[C@@H]1C. The van der Waals surface area contributed by atoms with Gasteiger partial charge in [0.1, 0.15) is 5.69 Å². The number of hydrogen-bond acceptors (Lipinski definition) is 7. The predicted octanol–water partition coefficient (Wildman–Crippen LogP) is 4.92. The molecule has 0 saturated heterocycles. The minimum absolute atomic E-state index is 0.0852. The molecule has 1 aliphatic heterocycles. The van der Waals surface area contributed by atoms with Gasteiger partial charge >= 0.3 is 5.97 Å². The summed E-state index contributed by atoms with van der Waals surface area (Å²) in [7, 11) is 4.58. The minimum Gasteiger partial charge on any atom is -0.493 e. The number of esters is 1. The van der Waals surface area contributed by atoms with E-state index in [2.05, 4.69) is 12.1 Å². The first-order chi connectivity index (χ1) is 15.0. The molecule has 0 spiro atoms. The molecule has 31 heavy (non-hydrogen) atoms. The van der Waals surface area contributed by atoms with Crippen molar-refractivity contribution in [3.8, 4) is 22.8 Å². The zero-order valence-electron chi connectivity index (χ0n) is 17.8. The van der Waals surface area contributed by atoms with Crippen LogP contribution in [-0.2, 0) is 11.2 Å². The van der Waals surface area contributed by atoms with Gasteiger partial charge in [-0.1, -0.05) is 28.9 Å². The Morgan fingerprint density at radius 1 is 1.13 bits per heavy atom. The molecule has 0 amide bonds. The second kappa shape index (κ2) is 8.51. The molecule has 0 fully saturated rings. The van der Waals surface area contributed by atoms with Gasteiger partial charge in [-0.2, -0.15) is 0 Å². The summed E-state index contributed by atoms with van der Waals surface area (Å²) in [5, 5.41) is 4.80. The van der Waals surface area contributed by atoms with Crippen molar-refractivity contribution >= 4 is 23.5 Å². The monoisotopic (exact) mass is 442 g/mol. The predicted molar refractivity (Wildman–Crippen MR) is 117 cm³/mol. The largest absolute Gasteiger partial charge is 0.493 e. The Morgan fingerprint density at radius 2 is 1.81 bits per heavy atom. The van der Waals surface area contributed by atoms with E-state index in [1.165, 1.54) is 12.7 Å². The van der Waals surface area contributed by atoms with Gasteiger partial charge in [0.05, 0.1) is 27.4 Å². The average Bonchev–Trinajstić information content (AvgIpc) is 3.23. The number of nitrogens with zero attached hydrogens (tertiary/aromatic N) is 2. The van der Waals surface area contributed by atoms with Crippen molar-refractivity contribution in [2.75, 3.05) is 32.8 Å². The van der Waals surface area contributed by atoms with E-state index in [9.17, 15) is 4.79 Å².